The zero-order chi connectivity index (χ0) is 21.1. The van der Waals surface area contributed by atoms with Crippen molar-refractivity contribution in [1.29, 1.82) is 0 Å². The number of unbranched alkanes of at least 4 members (excludes halogenated alkanes) is 1. The van der Waals surface area contributed by atoms with Gasteiger partial charge in [0.15, 0.2) is 0 Å². The quantitative estimate of drug-likeness (QED) is 0.414. The first-order valence-electron chi connectivity index (χ1n) is 10.9. The van der Waals surface area contributed by atoms with Gasteiger partial charge in [-0.15, -0.1) is 0 Å². The number of aromatic nitrogens is 1. The average Bonchev–Trinajstić information content (AvgIpc) is 3.36. The van der Waals surface area contributed by atoms with E-state index in [1.807, 2.05) is 24.3 Å². The molecule has 5 heteroatoms. The van der Waals surface area contributed by atoms with Crippen molar-refractivity contribution in [2.45, 2.75) is 51.6 Å². The zero-order valence-corrected chi connectivity index (χ0v) is 17.6. The van der Waals surface area contributed by atoms with Crippen LogP contribution in [-0.2, 0) is 11.3 Å². The van der Waals surface area contributed by atoms with Gasteiger partial charge in [0.05, 0.1) is 11.7 Å². The van der Waals surface area contributed by atoms with Gasteiger partial charge in [-0.05, 0) is 106 Å². The molecule has 1 unspecified atom stereocenters. The number of aromatic hydroxyl groups is 2. The Morgan fingerprint density at radius 2 is 1.70 bits per heavy atom. The second-order valence-electron chi connectivity index (χ2n) is 8.32. The van der Waals surface area contributed by atoms with E-state index in [4.69, 9.17) is 0 Å². The Bertz CT molecular complexity index is 1020. The fourth-order valence-corrected chi connectivity index (χ4v) is 4.77. The zero-order valence-electron chi connectivity index (χ0n) is 17.6. The molecule has 1 fully saturated rings. The van der Waals surface area contributed by atoms with E-state index in [1.54, 1.807) is 18.2 Å². The summed E-state index contributed by atoms with van der Waals surface area (Å²) in [5.41, 5.74) is 4.38. The van der Waals surface area contributed by atoms with Gasteiger partial charge in [0, 0.05) is 17.4 Å². The number of carbonyl (C=O) groups is 1. The molecule has 0 bridgehead atoms. The molecule has 1 aliphatic rings. The molecule has 4 rings (SSSR count). The van der Waals surface area contributed by atoms with E-state index in [0.29, 0.717) is 0 Å². The highest BCUT2D eigenvalue weighted by Gasteiger charge is 2.21. The highest BCUT2D eigenvalue weighted by molar-refractivity contribution is 5.92. The smallest absolute Gasteiger partial charge is 0.137 e. The van der Waals surface area contributed by atoms with E-state index in [2.05, 4.69) is 16.4 Å². The van der Waals surface area contributed by atoms with Crippen molar-refractivity contribution in [2.75, 3.05) is 13.1 Å². The number of benzene rings is 2. The maximum Gasteiger partial charge on any atom is 0.137 e. The Balaban J connectivity index is 1.57. The molecular formula is C25H30N2O3. The molecule has 2 N–H and O–H groups in total. The third kappa shape index (κ3) is 4.08. The van der Waals surface area contributed by atoms with E-state index in [1.165, 1.54) is 12.8 Å². The molecule has 158 valence electrons. The fourth-order valence-electron chi connectivity index (χ4n) is 4.77. The van der Waals surface area contributed by atoms with Gasteiger partial charge in [0.25, 0.3) is 0 Å². The number of fused-ring (bicyclic) bond motifs is 1. The summed E-state index contributed by atoms with van der Waals surface area (Å²) in [6.45, 7) is 5.01. The van der Waals surface area contributed by atoms with Crippen LogP contribution in [0.5, 0.6) is 11.5 Å². The standard InChI is InChI=1S/C25H30N2O3/c1-18-23-16-22(30)11-12-24(23)27(25(18)19-7-9-21(29)10-8-19)15-3-2-6-20(17-28)26-13-4-5-14-26/h7-12,16-17,20,29-30H,2-6,13-15H2,1H3. The summed E-state index contributed by atoms with van der Waals surface area (Å²) < 4.78 is 2.31. The van der Waals surface area contributed by atoms with Crippen LogP contribution < -0.4 is 0 Å². The van der Waals surface area contributed by atoms with E-state index in [9.17, 15) is 15.0 Å². The molecule has 5 nitrogen and oxygen atoms in total. The van der Waals surface area contributed by atoms with Crippen molar-refractivity contribution >= 4 is 17.2 Å². The van der Waals surface area contributed by atoms with Crippen LogP contribution in [0.15, 0.2) is 42.5 Å². The molecule has 30 heavy (non-hydrogen) atoms. The number of phenols is 2. The molecule has 0 saturated carbocycles. The molecular weight excluding hydrogens is 376 g/mol. The van der Waals surface area contributed by atoms with Crippen molar-refractivity contribution in [1.82, 2.24) is 9.47 Å². The number of aryl methyl sites for hydroxylation is 2. The average molecular weight is 407 g/mol. The van der Waals surface area contributed by atoms with E-state index < -0.39 is 0 Å². The number of carbonyl (C=O) groups excluding carboxylic acids is 1. The summed E-state index contributed by atoms with van der Waals surface area (Å²) >= 11 is 0. The maximum absolute atomic E-state index is 11.5. The number of likely N-dealkylation sites (tertiary alicyclic amines) is 1. The number of aldehydes is 1. The van der Waals surface area contributed by atoms with Crippen molar-refractivity contribution < 1.29 is 15.0 Å². The summed E-state index contributed by atoms with van der Waals surface area (Å²) in [5, 5.41) is 20.7. The van der Waals surface area contributed by atoms with Crippen LogP contribution in [0, 0.1) is 6.92 Å². The Morgan fingerprint density at radius 3 is 2.40 bits per heavy atom. The fraction of sp³-hybridized carbons (Fsp3) is 0.400. The van der Waals surface area contributed by atoms with Crippen LogP contribution in [0.3, 0.4) is 0 Å². The highest BCUT2D eigenvalue weighted by atomic mass is 16.3. The van der Waals surface area contributed by atoms with Crippen molar-refractivity contribution in [3.63, 3.8) is 0 Å². The molecule has 1 saturated heterocycles. The minimum atomic E-state index is 0.0455. The molecule has 1 aliphatic heterocycles. The third-order valence-corrected chi connectivity index (χ3v) is 6.34. The topological polar surface area (TPSA) is 65.7 Å². The first kappa shape index (κ1) is 20.5. The van der Waals surface area contributed by atoms with Gasteiger partial charge in [0.1, 0.15) is 17.8 Å². The van der Waals surface area contributed by atoms with E-state index in [0.717, 1.165) is 72.9 Å². The van der Waals surface area contributed by atoms with Crippen LogP contribution in [0.2, 0.25) is 0 Å². The van der Waals surface area contributed by atoms with Crippen LogP contribution in [0.25, 0.3) is 22.2 Å². The molecule has 0 radical (unpaired) electrons. The molecule has 0 spiro atoms. The number of phenolic OH excluding ortho intramolecular Hbond substituents is 2. The van der Waals surface area contributed by atoms with Gasteiger partial charge >= 0.3 is 0 Å². The summed E-state index contributed by atoms with van der Waals surface area (Å²) in [4.78, 5) is 13.9. The second kappa shape index (κ2) is 8.92. The number of nitrogens with zero attached hydrogens (tertiary/aromatic N) is 2. The van der Waals surface area contributed by atoms with Crippen LogP contribution in [0.4, 0.5) is 0 Å². The lowest BCUT2D eigenvalue weighted by Gasteiger charge is -2.22. The van der Waals surface area contributed by atoms with E-state index >= 15 is 0 Å². The van der Waals surface area contributed by atoms with Crippen LogP contribution in [0.1, 0.15) is 37.7 Å². The van der Waals surface area contributed by atoms with Crippen LogP contribution in [-0.4, -0.2) is 45.1 Å². The van der Waals surface area contributed by atoms with Crippen LogP contribution >= 0.6 is 0 Å². The lowest BCUT2D eigenvalue weighted by molar-refractivity contribution is -0.112. The molecule has 2 aromatic carbocycles. The van der Waals surface area contributed by atoms with Gasteiger partial charge in [-0.1, -0.05) is 0 Å². The molecule has 2 heterocycles. The number of hydrogen-bond acceptors (Lipinski definition) is 4. The van der Waals surface area contributed by atoms with Crippen molar-refractivity contribution in [2.24, 2.45) is 0 Å². The Labute approximate surface area is 177 Å². The van der Waals surface area contributed by atoms with E-state index in [-0.39, 0.29) is 17.5 Å². The SMILES string of the molecule is Cc1c(-c2ccc(O)cc2)n(CCCCC(C=O)N2CCCC2)c2ccc(O)cc12. The summed E-state index contributed by atoms with van der Waals surface area (Å²) in [6, 6.07) is 12.9. The Hall–Kier alpha value is -2.79. The lowest BCUT2D eigenvalue weighted by atomic mass is 10.1. The minimum absolute atomic E-state index is 0.0455. The lowest BCUT2D eigenvalue weighted by Crippen LogP contribution is -2.33. The summed E-state index contributed by atoms with van der Waals surface area (Å²) in [7, 11) is 0. The van der Waals surface area contributed by atoms with Gasteiger partial charge < -0.3 is 19.6 Å². The van der Waals surface area contributed by atoms with Crippen molar-refractivity contribution in [3.8, 4) is 22.8 Å². The molecule has 0 aliphatic carbocycles. The maximum atomic E-state index is 11.5. The normalized spacial score (nSPS) is 15.6. The first-order chi connectivity index (χ1) is 14.6. The predicted octanol–water partition coefficient (Wildman–Crippen LogP) is 4.86. The minimum Gasteiger partial charge on any atom is -0.508 e. The Morgan fingerprint density at radius 1 is 1.00 bits per heavy atom. The van der Waals surface area contributed by atoms with Crippen molar-refractivity contribution in [3.05, 3.63) is 48.0 Å². The number of rotatable bonds is 8. The third-order valence-electron chi connectivity index (χ3n) is 6.34. The summed E-state index contributed by atoms with van der Waals surface area (Å²) in [5.74, 6) is 0.512. The molecule has 3 aromatic rings. The summed E-state index contributed by atoms with van der Waals surface area (Å²) in [6.07, 6.45) is 6.38. The molecule has 1 atom stereocenters. The Kier molecular flexibility index (Phi) is 6.09. The second-order valence-corrected chi connectivity index (χ2v) is 8.32. The van der Waals surface area contributed by atoms with Gasteiger partial charge in [-0.2, -0.15) is 0 Å². The monoisotopic (exact) mass is 406 g/mol. The van der Waals surface area contributed by atoms with Gasteiger partial charge in [-0.25, -0.2) is 0 Å². The molecule has 1 aromatic heterocycles. The van der Waals surface area contributed by atoms with Gasteiger partial charge in [0.2, 0.25) is 0 Å². The van der Waals surface area contributed by atoms with Gasteiger partial charge in [-0.3, -0.25) is 4.90 Å². The predicted molar refractivity (Wildman–Crippen MR) is 120 cm³/mol. The number of hydrogen-bond donors (Lipinski definition) is 2. The molecule has 0 amide bonds. The largest absolute Gasteiger partial charge is 0.508 e. The first-order valence-corrected chi connectivity index (χ1v) is 10.9. The highest BCUT2D eigenvalue weighted by Crippen LogP contribution is 2.36.